The molecule has 0 aromatic carbocycles. The number of methoxy groups -OCH3 is 1. The van der Waals surface area contributed by atoms with E-state index in [-0.39, 0.29) is 24.0 Å². The summed E-state index contributed by atoms with van der Waals surface area (Å²) in [6.07, 6.45) is 4.35. The minimum Gasteiger partial charge on any atom is -0.481 e. The van der Waals surface area contributed by atoms with Crippen LogP contribution in [0.2, 0.25) is 0 Å². The van der Waals surface area contributed by atoms with Gasteiger partial charge in [0.2, 0.25) is 5.88 Å². The van der Waals surface area contributed by atoms with Crippen molar-refractivity contribution >= 4 is 17.8 Å². The van der Waals surface area contributed by atoms with E-state index >= 15 is 0 Å². The lowest BCUT2D eigenvalue weighted by Gasteiger charge is -2.12. The van der Waals surface area contributed by atoms with Gasteiger partial charge in [-0.2, -0.15) is 5.10 Å². The molecule has 1 aliphatic carbocycles. The number of aromatic nitrogens is 3. The zero-order valence-electron chi connectivity index (χ0n) is 16.0. The quantitative estimate of drug-likeness (QED) is 0.672. The van der Waals surface area contributed by atoms with E-state index in [9.17, 15) is 9.59 Å². The average Bonchev–Trinajstić information content (AvgIpc) is 3.35. The molecule has 150 valence electrons. The molecular weight excluding hydrogens is 362 g/mol. The topological polar surface area (TPSA) is 118 Å². The molecule has 0 aliphatic heterocycles. The molecule has 9 heteroatoms. The van der Waals surface area contributed by atoms with Gasteiger partial charge in [0, 0.05) is 42.0 Å². The Morgan fingerprint density at radius 1 is 1.32 bits per heavy atom. The fraction of sp³-hybridized carbons (Fsp3) is 0.474. The number of carbonyl (C=O) groups is 2. The number of carbonyl (C=O) groups excluding carboxylic acids is 2. The van der Waals surface area contributed by atoms with Crippen molar-refractivity contribution in [1.82, 2.24) is 20.5 Å². The highest BCUT2D eigenvalue weighted by Crippen LogP contribution is 2.35. The van der Waals surface area contributed by atoms with Crippen molar-refractivity contribution in [2.24, 2.45) is 0 Å². The normalized spacial score (nSPS) is 18.5. The summed E-state index contributed by atoms with van der Waals surface area (Å²) in [7, 11) is 1.50. The Kier molecular flexibility index (Phi) is 6.46. The largest absolute Gasteiger partial charge is 0.481 e. The first-order valence-corrected chi connectivity index (χ1v) is 9.40. The Morgan fingerprint density at radius 3 is 2.96 bits per heavy atom. The van der Waals surface area contributed by atoms with Crippen molar-refractivity contribution < 1.29 is 19.1 Å². The fourth-order valence-corrected chi connectivity index (χ4v) is 3.21. The number of hydrogen-bond donors (Lipinski definition) is 3. The maximum Gasteiger partial charge on any atom is 0.407 e. The monoisotopic (exact) mass is 387 g/mol. The zero-order chi connectivity index (χ0) is 19.9. The number of hydrogen-bond acceptors (Lipinski definition) is 6. The Labute approximate surface area is 163 Å². The minimum absolute atomic E-state index is 0.104. The van der Waals surface area contributed by atoms with Gasteiger partial charge in [-0.25, -0.2) is 9.78 Å². The average molecular weight is 387 g/mol. The Morgan fingerprint density at radius 2 is 2.18 bits per heavy atom. The van der Waals surface area contributed by atoms with Crippen molar-refractivity contribution in [3.05, 3.63) is 35.7 Å². The smallest absolute Gasteiger partial charge is 0.407 e. The minimum atomic E-state index is -0.363. The van der Waals surface area contributed by atoms with Crippen LogP contribution in [-0.2, 0) is 4.74 Å². The molecule has 3 N–H and O–H groups in total. The first-order valence-electron chi connectivity index (χ1n) is 9.40. The van der Waals surface area contributed by atoms with E-state index < -0.39 is 0 Å². The number of rotatable bonds is 7. The van der Waals surface area contributed by atoms with E-state index in [1.54, 1.807) is 12.1 Å². The SMILES string of the molecule is CCCNC(=O)OC1CC[C@@H](c2cc(NC(=O)c3ccnc(OC)c3)n[nH]2)C1. The first-order chi connectivity index (χ1) is 13.6. The molecule has 0 radical (unpaired) electrons. The third-order valence-electron chi connectivity index (χ3n) is 4.66. The summed E-state index contributed by atoms with van der Waals surface area (Å²) >= 11 is 0. The third kappa shape index (κ3) is 4.99. The van der Waals surface area contributed by atoms with Crippen molar-refractivity contribution in [3.8, 4) is 5.88 Å². The van der Waals surface area contributed by atoms with Gasteiger partial charge in [-0.1, -0.05) is 6.92 Å². The summed E-state index contributed by atoms with van der Waals surface area (Å²) < 4.78 is 10.5. The van der Waals surface area contributed by atoms with Crippen LogP contribution in [0.1, 0.15) is 54.6 Å². The van der Waals surface area contributed by atoms with Gasteiger partial charge in [0.05, 0.1) is 7.11 Å². The standard InChI is InChI=1S/C19H25N5O4/c1-3-7-21-19(26)28-14-5-4-12(9-14)15-11-16(24-23-15)22-18(25)13-6-8-20-17(10-13)27-2/h6,8,10-12,14H,3-5,7,9H2,1-2H3,(H,21,26)(H2,22,23,24,25)/t12-,14?/m1/s1. The highest BCUT2D eigenvalue weighted by Gasteiger charge is 2.30. The van der Waals surface area contributed by atoms with Crippen LogP contribution in [0.4, 0.5) is 10.6 Å². The lowest BCUT2D eigenvalue weighted by Crippen LogP contribution is -2.28. The van der Waals surface area contributed by atoms with Gasteiger partial charge >= 0.3 is 6.09 Å². The van der Waals surface area contributed by atoms with E-state index in [1.165, 1.54) is 13.3 Å². The van der Waals surface area contributed by atoms with Gasteiger partial charge in [0.1, 0.15) is 6.10 Å². The lowest BCUT2D eigenvalue weighted by atomic mass is 10.0. The number of alkyl carbamates (subject to hydrolysis) is 1. The second-order valence-electron chi connectivity index (χ2n) is 6.71. The molecule has 1 saturated carbocycles. The Balaban J connectivity index is 1.54. The second kappa shape index (κ2) is 9.20. The maximum atomic E-state index is 12.4. The van der Waals surface area contributed by atoms with Crippen LogP contribution in [0.5, 0.6) is 5.88 Å². The molecule has 1 fully saturated rings. The van der Waals surface area contributed by atoms with Crippen LogP contribution < -0.4 is 15.4 Å². The summed E-state index contributed by atoms with van der Waals surface area (Å²) in [5.41, 5.74) is 1.35. The summed E-state index contributed by atoms with van der Waals surface area (Å²) in [5.74, 6) is 0.735. The zero-order valence-corrected chi connectivity index (χ0v) is 16.0. The number of H-pyrrole nitrogens is 1. The fourth-order valence-electron chi connectivity index (χ4n) is 3.21. The first kappa shape index (κ1) is 19.7. The highest BCUT2D eigenvalue weighted by molar-refractivity contribution is 6.03. The van der Waals surface area contributed by atoms with Gasteiger partial charge in [-0.05, 0) is 31.7 Å². The molecular formula is C19H25N5O4. The van der Waals surface area contributed by atoms with Crippen LogP contribution in [0.25, 0.3) is 0 Å². The Hall–Kier alpha value is -3.10. The van der Waals surface area contributed by atoms with Crippen LogP contribution in [0, 0.1) is 0 Å². The molecule has 0 saturated heterocycles. The van der Waals surface area contributed by atoms with E-state index in [2.05, 4.69) is 25.8 Å². The number of anilines is 1. The number of nitrogens with one attached hydrogen (secondary N) is 3. The molecule has 1 aliphatic rings. The van der Waals surface area contributed by atoms with E-state index in [0.717, 1.165) is 31.4 Å². The molecule has 2 heterocycles. The van der Waals surface area contributed by atoms with Gasteiger partial charge in [0.25, 0.3) is 5.91 Å². The number of ether oxygens (including phenoxy) is 2. The molecule has 28 heavy (non-hydrogen) atoms. The van der Waals surface area contributed by atoms with Crippen molar-refractivity contribution in [2.75, 3.05) is 19.0 Å². The van der Waals surface area contributed by atoms with E-state index in [4.69, 9.17) is 9.47 Å². The van der Waals surface area contributed by atoms with Crippen LogP contribution in [0.3, 0.4) is 0 Å². The number of pyridine rings is 1. The summed E-state index contributed by atoms with van der Waals surface area (Å²) in [5, 5.41) is 12.6. The number of nitrogens with zero attached hydrogens (tertiary/aromatic N) is 2. The third-order valence-corrected chi connectivity index (χ3v) is 4.66. The Bertz CT molecular complexity index is 822. The summed E-state index contributed by atoms with van der Waals surface area (Å²) in [6, 6.07) is 4.99. The van der Waals surface area contributed by atoms with Crippen LogP contribution in [0.15, 0.2) is 24.4 Å². The van der Waals surface area contributed by atoms with Crippen molar-refractivity contribution in [1.29, 1.82) is 0 Å². The van der Waals surface area contributed by atoms with Crippen molar-refractivity contribution in [2.45, 2.75) is 44.6 Å². The maximum absolute atomic E-state index is 12.4. The molecule has 2 aromatic rings. The lowest BCUT2D eigenvalue weighted by molar-refractivity contribution is 0.0998. The van der Waals surface area contributed by atoms with Crippen LogP contribution >= 0.6 is 0 Å². The van der Waals surface area contributed by atoms with Gasteiger partial charge in [-0.15, -0.1) is 0 Å². The van der Waals surface area contributed by atoms with E-state index in [0.29, 0.717) is 23.8 Å². The van der Waals surface area contributed by atoms with E-state index in [1.807, 2.05) is 13.0 Å². The van der Waals surface area contributed by atoms with Gasteiger partial charge in [0.15, 0.2) is 5.82 Å². The molecule has 2 atom stereocenters. The summed E-state index contributed by atoms with van der Waals surface area (Å²) in [6.45, 7) is 2.60. The van der Waals surface area contributed by atoms with Gasteiger partial charge < -0.3 is 20.1 Å². The molecule has 3 rings (SSSR count). The highest BCUT2D eigenvalue weighted by atomic mass is 16.6. The molecule has 0 bridgehead atoms. The molecule has 0 spiro atoms. The van der Waals surface area contributed by atoms with Gasteiger partial charge in [-0.3, -0.25) is 9.89 Å². The van der Waals surface area contributed by atoms with Crippen LogP contribution in [-0.4, -0.2) is 46.9 Å². The molecule has 2 aromatic heterocycles. The number of amides is 2. The predicted octanol–water partition coefficient (Wildman–Crippen LogP) is 2.84. The number of aromatic amines is 1. The second-order valence-corrected chi connectivity index (χ2v) is 6.71. The van der Waals surface area contributed by atoms with Crippen molar-refractivity contribution in [3.63, 3.8) is 0 Å². The molecule has 9 nitrogen and oxygen atoms in total. The summed E-state index contributed by atoms with van der Waals surface area (Å²) in [4.78, 5) is 28.0. The molecule has 1 unspecified atom stereocenters. The predicted molar refractivity (Wildman–Crippen MR) is 102 cm³/mol. The molecule has 2 amide bonds.